The molecular formula is C16H20N4OS2. The number of nitrogens with zero attached hydrogens (tertiary/aromatic N) is 4. The Morgan fingerprint density at radius 3 is 3.00 bits per heavy atom. The summed E-state index contributed by atoms with van der Waals surface area (Å²) >= 11 is 3.27. The molecule has 7 heteroatoms. The van der Waals surface area contributed by atoms with E-state index in [2.05, 4.69) is 20.0 Å². The molecule has 23 heavy (non-hydrogen) atoms. The van der Waals surface area contributed by atoms with Gasteiger partial charge >= 0.3 is 0 Å². The lowest BCUT2D eigenvalue weighted by Gasteiger charge is -2.40. The highest BCUT2D eigenvalue weighted by molar-refractivity contribution is 7.13. The Morgan fingerprint density at radius 2 is 2.22 bits per heavy atom. The predicted octanol–water partition coefficient (Wildman–Crippen LogP) is 2.66. The van der Waals surface area contributed by atoms with Crippen LogP contribution in [-0.4, -0.2) is 47.2 Å². The summed E-state index contributed by atoms with van der Waals surface area (Å²) in [6.45, 7) is 3.85. The Morgan fingerprint density at radius 1 is 1.26 bits per heavy atom. The SMILES string of the molecule is O=C(Cc1cccs1)N1CC[C@]2(CCCN(c3nncs3)C2)C1. The van der Waals surface area contributed by atoms with Gasteiger partial charge < -0.3 is 9.80 Å². The first-order valence-electron chi connectivity index (χ1n) is 8.05. The molecular weight excluding hydrogens is 328 g/mol. The number of aromatic nitrogens is 2. The summed E-state index contributed by atoms with van der Waals surface area (Å²) < 4.78 is 0. The quantitative estimate of drug-likeness (QED) is 0.856. The van der Waals surface area contributed by atoms with Crippen molar-refractivity contribution in [1.82, 2.24) is 15.1 Å². The van der Waals surface area contributed by atoms with E-state index >= 15 is 0 Å². The van der Waals surface area contributed by atoms with E-state index in [-0.39, 0.29) is 11.3 Å². The van der Waals surface area contributed by atoms with E-state index in [9.17, 15) is 4.79 Å². The van der Waals surface area contributed by atoms with Crippen LogP contribution < -0.4 is 4.90 Å². The van der Waals surface area contributed by atoms with Gasteiger partial charge in [-0.3, -0.25) is 4.79 Å². The minimum atomic E-state index is 0.245. The van der Waals surface area contributed by atoms with Crippen molar-refractivity contribution >= 4 is 33.7 Å². The van der Waals surface area contributed by atoms with Gasteiger partial charge in [0, 0.05) is 36.5 Å². The smallest absolute Gasteiger partial charge is 0.227 e. The zero-order valence-corrected chi connectivity index (χ0v) is 14.6. The molecule has 0 N–H and O–H groups in total. The Hall–Kier alpha value is -1.47. The Balaban J connectivity index is 1.41. The Bertz CT molecular complexity index is 658. The van der Waals surface area contributed by atoms with E-state index in [1.165, 1.54) is 12.8 Å². The minimum absolute atomic E-state index is 0.245. The molecule has 0 saturated carbocycles. The molecule has 1 spiro atoms. The summed E-state index contributed by atoms with van der Waals surface area (Å²) in [5.74, 6) is 0.275. The summed E-state index contributed by atoms with van der Waals surface area (Å²) in [5.41, 5.74) is 2.04. The van der Waals surface area contributed by atoms with E-state index in [1.54, 1.807) is 28.2 Å². The minimum Gasteiger partial charge on any atom is -0.346 e. The van der Waals surface area contributed by atoms with E-state index in [1.807, 2.05) is 17.5 Å². The zero-order valence-electron chi connectivity index (χ0n) is 13.0. The average Bonchev–Trinajstić information content (AvgIpc) is 3.29. The standard InChI is InChI=1S/C16H20N4OS2/c21-14(9-13-3-1-8-22-13)19-7-5-16(10-19)4-2-6-20(11-16)15-18-17-12-23-15/h1,3,8,12H,2,4-7,9-11H2/t16-/m1/s1. The molecule has 2 aromatic heterocycles. The summed E-state index contributed by atoms with van der Waals surface area (Å²) in [6.07, 6.45) is 4.05. The lowest BCUT2D eigenvalue weighted by atomic mass is 9.79. The second kappa shape index (κ2) is 6.20. The molecule has 2 saturated heterocycles. The molecule has 4 heterocycles. The number of thiophene rings is 1. The molecule has 4 rings (SSSR count). The number of anilines is 1. The fourth-order valence-corrected chi connectivity index (χ4v) is 5.11. The third-order valence-electron chi connectivity index (χ3n) is 4.98. The van der Waals surface area contributed by atoms with Crippen molar-refractivity contribution in [2.24, 2.45) is 5.41 Å². The number of carbonyl (C=O) groups excluding carboxylic acids is 1. The van der Waals surface area contributed by atoms with Gasteiger partial charge in [0.05, 0.1) is 6.42 Å². The van der Waals surface area contributed by atoms with Gasteiger partial charge in [0.25, 0.3) is 0 Å². The molecule has 122 valence electrons. The van der Waals surface area contributed by atoms with Crippen molar-refractivity contribution in [3.8, 4) is 0 Å². The molecule has 2 fully saturated rings. The third kappa shape index (κ3) is 3.12. The second-order valence-corrected chi connectivity index (χ2v) is 8.41. The van der Waals surface area contributed by atoms with Crippen LogP contribution in [0.1, 0.15) is 24.1 Å². The van der Waals surface area contributed by atoms with Crippen LogP contribution in [0.2, 0.25) is 0 Å². The molecule has 1 amide bonds. The van der Waals surface area contributed by atoms with Gasteiger partial charge in [0.1, 0.15) is 5.51 Å². The summed E-state index contributed by atoms with van der Waals surface area (Å²) in [4.78, 5) is 18.1. The first-order valence-corrected chi connectivity index (χ1v) is 9.81. The average molecular weight is 348 g/mol. The number of hydrogen-bond donors (Lipinski definition) is 0. The molecule has 5 nitrogen and oxygen atoms in total. The molecule has 2 aliphatic rings. The van der Waals surface area contributed by atoms with Crippen molar-refractivity contribution in [3.05, 3.63) is 27.9 Å². The largest absolute Gasteiger partial charge is 0.346 e. The highest BCUT2D eigenvalue weighted by atomic mass is 32.1. The topological polar surface area (TPSA) is 49.3 Å². The maximum atomic E-state index is 12.5. The van der Waals surface area contributed by atoms with Crippen molar-refractivity contribution in [2.75, 3.05) is 31.1 Å². The van der Waals surface area contributed by atoms with E-state index in [0.717, 1.165) is 42.6 Å². The van der Waals surface area contributed by atoms with Crippen LogP contribution in [0, 0.1) is 5.41 Å². The van der Waals surface area contributed by atoms with Gasteiger partial charge in [-0.15, -0.1) is 21.5 Å². The van der Waals surface area contributed by atoms with E-state index in [0.29, 0.717) is 6.42 Å². The van der Waals surface area contributed by atoms with Crippen LogP contribution in [0.25, 0.3) is 0 Å². The number of amides is 1. The lowest BCUT2D eigenvalue weighted by Crippen LogP contribution is -2.45. The molecule has 2 aliphatic heterocycles. The number of piperidine rings is 1. The van der Waals surface area contributed by atoms with Crippen LogP contribution in [0.3, 0.4) is 0 Å². The number of carbonyl (C=O) groups is 1. The fourth-order valence-electron chi connectivity index (χ4n) is 3.83. The van der Waals surface area contributed by atoms with Gasteiger partial charge in [-0.1, -0.05) is 17.4 Å². The van der Waals surface area contributed by atoms with E-state index in [4.69, 9.17) is 0 Å². The third-order valence-corrected chi connectivity index (χ3v) is 6.60. The summed E-state index contributed by atoms with van der Waals surface area (Å²) in [5, 5.41) is 11.2. The van der Waals surface area contributed by atoms with E-state index < -0.39 is 0 Å². The van der Waals surface area contributed by atoms with Gasteiger partial charge in [-0.25, -0.2) is 0 Å². The van der Waals surface area contributed by atoms with Crippen molar-refractivity contribution in [1.29, 1.82) is 0 Å². The molecule has 1 atom stereocenters. The first-order chi connectivity index (χ1) is 11.2. The maximum Gasteiger partial charge on any atom is 0.227 e. The monoisotopic (exact) mass is 348 g/mol. The van der Waals surface area contributed by atoms with Gasteiger partial charge in [-0.2, -0.15) is 0 Å². The van der Waals surface area contributed by atoms with Gasteiger partial charge in [0.2, 0.25) is 11.0 Å². The van der Waals surface area contributed by atoms with Crippen LogP contribution in [-0.2, 0) is 11.2 Å². The molecule has 0 aromatic carbocycles. The number of likely N-dealkylation sites (tertiary alicyclic amines) is 1. The molecule has 2 aromatic rings. The first kappa shape index (κ1) is 15.1. The highest BCUT2D eigenvalue weighted by Crippen LogP contribution is 2.40. The Kier molecular flexibility index (Phi) is 4.07. The predicted molar refractivity (Wildman–Crippen MR) is 93.0 cm³/mol. The summed E-state index contributed by atoms with van der Waals surface area (Å²) in [6, 6.07) is 4.06. The number of rotatable bonds is 3. The second-order valence-electron chi connectivity index (χ2n) is 6.57. The highest BCUT2D eigenvalue weighted by Gasteiger charge is 2.43. The van der Waals surface area contributed by atoms with Gasteiger partial charge in [-0.05, 0) is 30.7 Å². The van der Waals surface area contributed by atoms with Crippen molar-refractivity contribution in [2.45, 2.75) is 25.7 Å². The van der Waals surface area contributed by atoms with Crippen LogP contribution in [0.4, 0.5) is 5.13 Å². The molecule has 0 unspecified atom stereocenters. The van der Waals surface area contributed by atoms with Crippen LogP contribution in [0.5, 0.6) is 0 Å². The lowest BCUT2D eigenvalue weighted by molar-refractivity contribution is -0.129. The molecule has 0 bridgehead atoms. The van der Waals surface area contributed by atoms with Crippen molar-refractivity contribution in [3.63, 3.8) is 0 Å². The molecule has 0 radical (unpaired) electrons. The van der Waals surface area contributed by atoms with Gasteiger partial charge in [0.15, 0.2) is 0 Å². The normalized spacial score (nSPS) is 24.5. The zero-order chi connectivity index (χ0) is 15.7. The number of hydrogen-bond acceptors (Lipinski definition) is 6. The fraction of sp³-hybridized carbons (Fsp3) is 0.562. The summed E-state index contributed by atoms with van der Waals surface area (Å²) in [7, 11) is 0. The maximum absolute atomic E-state index is 12.5. The molecule has 0 aliphatic carbocycles. The van der Waals surface area contributed by atoms with Crippen LogP contribution in [0.15, 0.2) is 23.0 Å². The van der Waals surface area contributed by atoms with Crippen LogP contribution >= 0.6 is 22.7 Å². The Labute approximate surface area is 143 Å². The van der Waals surface area contributed by atoms with Crippen molar-refractivity contribution < 1.29 is 4.79 Å².